The Balaban J connectivity index is 0.000001000. The lowest BCUT2D eigenvalue weighted by atomic mass is 10.2. The summed E-state index contributed by atoms with van der Waals surface area (Å²) >= 11 is 0. The molecule has 0 fully saturated rings. The Bertz CT molecular complexity index is 218. The van der Waals surface area contributed by atoms with Crippen molar-refractivity contribution in [2.24, 2.45) is 0 Å². The average Bonchev–Trinajstić information content (AvgIpc) is 1.95. The second-order valence-electron chi connectivity index (χ2n) is 2.03. The molecule has 0 heterocycles. The van der Waals surface area contributed by atoms with Crippen molar-refractivity contribution in [3.05, 3.63) is 29.8 Å². The SMILES string of the molecule is Cc1ccc(OC=O)cc1.[MgH2]. The molecule has 0 amide bonds. The van der Waals surface area contributed by atoms with Gasteiger partial charge in [-0.1, -0.05) is 17.7 Å². The molecule has 0 spiro atoms. The van der Waals surface area contributed by atoms with Crippen molar-refractivity contribution in [3.63, 3.8) is 0 Å². The molecule has 0 saturated heterocycles. The second-order valence-corrected chi connectivity index (χ2v) is 2.03. The molecule has 0 N–H and O–H groups in total. The number of ether oxygens (including phenoxy) is 1. The van der Waals surface area contributed by atoms with E-state index in [1.807, 2.05) is 19.1 Å². The van der Waals surface area contributed by atoms with Crippen molar-refractivity contribution < 1.29 is 9.53 Å². The highest BCUT2D eigenvalue weighted by molar-refractivity contribution is 5.75. The number of hydrogen-bond acceptors (Lipinski definition) is 2. The van der Waals surface area contributed by atoms with E-state index in [0.717, 1.165) is 5.56 Å². The van der Waals surface area contributed by atoms with Gasteiger partial charge in [-0.15, -0.1) is 0 Å². The van der Waals surface area contributed by atoms with Crippen LogP contribution in [-0.2, 0) is 4.79 Å². The molecule has 0 aliphatic heterocycles. The summed E-state index contributed by atoms with van der Waals surface area (Å²) in [7, 11) is 0. The van der Waals surface area contributed by atoms with Gasteiger partial charge in [-0.2, -0.15) is 0 Å². The van der Waals surface area contributed by atoms with Gasteiger partial charge in [0.15, 0.2) is 0 Å². The Morgan fingerprint density at radius 1 is 1.27 bits per heavy atom. The lowest BCUT2D eigenvalue weighted by Crippen LogP contribution is -1.87. The van der Waals surface area contributed by atoms with Gasteiger partial charge in [-0.05, 0) is 19.1 Å². The predicted molar refractivity (Wildman–Crippen MR) is 46.4 cm³/mol. The van der Waals surface area contributed by atoms with Gasteiger partial charge in [0.25, 0.3) is 6.47 Å². The van der Waals surface area contributed by atoms with Crippen molar-refractivity contribution in [3.8, 4) is 5.75 Å². The first-order valence-corrected chi connectivity index (χ1v) is 3.00. The van der Waals surface area contributed by atoms with Gasteiger partial charge in [-0.3, -0.25) is 4.79 Å². The second kappa shape index (κ2) is 5.15. The van der Waals surface area contributed by atoms with Crippen LogP contribution in [0.2, 0.25) is 0 Å². The molecule has 3 heteroatoms. The molecule has 1 aromatic rings. The Labute approximate surface area is 81.7 Å². The van der Waals surface area contributed by atoms with E-state index >= 15 is 0 Å². The molecule has 0 atom stereocenters. The molecule has 0 unspecified atom stereocenters. The predicted octanol–water partition coefficient (Wildman–Crippen LogP) is 0.614. The summed E-state index contributed by atoms with van der Waals surface area (Å²) in [6.45, 7) is 2.40. The third kappa shape index (κ3) is 3.39. The van der Waals surface area contributed by atoms with E-state index in [1.165, 1.54) is 0 Å². The van der Waals surface area contributed by atoms with E-state index in [9.17, 15) is 4.79 Å². The number of carbonyl (C=O) groups excluding carboxylic acids is 1. The fourth-order valence-electron chi connectivity index (χ4n) is 0.672. The molecule has 1 aromatic carbocycles. The maximum atomic E-state index is 9.84. The van der Waals surface area contributed by atoms with Crippen LogP contribution in [0.5, 0.6) is 5.75 Å². The fraction of sp³-hybridized carbons (Fsp3) is 0.125. The first kappa shape index (κ1) is 10.5. The molecule has 11 heavy (non-hydrogen) atoms. The molecular weight excluding hydrogens is 152 g/mol. The summed E-state index contributed by atoms with van der Waals surface area (Å²) in [5.74, 6) is 0.584. The van der Waals surface area contributed by atoms with Crippen molar-refractivity contribution in [2.45, 2.75) is 6.92 Å². The quantitative estimate of drug-likeness (QED) is 0.471. The summed E-state index contributed by atoms with van der Waals surface area (Å²) < 4.78 is 4.58. The maximum absolute atomic E-state index is 9.84. The van der Waals surface area contributed by atoms with E-state index in [1.54, 1.807) is 12.1 Å². The van der Waals surface area contributed by atoms with Gasteiger partial charge in [0.2, 0.25) is 0 Å². The standard InChI is InChI=1S/C8H8O2.Mg.2H/c1-7-2-4-8(5-3-7)10-6-9;;;/h2-6H,1H3;;;. The number of benzene rings is 1. The minimum atomic E-state index is 0. The summed E-state index contributed by atoms with van der Waals surface area (Å²) in [5, 5.41) is 0. The van der Waals surface area contributed by atoms with E-state index in [0.29, 0.717) is 12.2 Å². The van der Waals surface area contributed by atoms with Crippen molar-refractivity contribution >= 4 is 29.5 Å². The molecule has 2 nitrogen and oxygen atoms in total. The van der Waals surface area contributed by atoms with Crippen LogP contribution in [0, 0.1) is 6.92 Å². The van der Waals surface area contributed by atoms with E-state index < -0.39 is 0 Å². The van der Waals surface area contributed by atoms with Crippen LogP contribution in [0.3, 0.4) is 0 Å². The van der Waals surface area contributed by atoms with E-state index in [-0.39, 0.29) is 23.1 Å². The van der Waals surface area contributed by atoms with Crippen LogP contribution in [-0.4, -0.2) is 29.5 Å². The average molecular weight is 162 g/mol. The zero-order valence-electron chi connectivity index (χ0n) is 5.70. The van der Waals surface area contributed by atoms with Crippen LogP contribution < -0.4 is 4.74 Å². The molecule has 56 valence electrons. The molecule has 1 rings (SSSR count). The number of carbonyl (C=O) groups is 1. The molecule has 0 saturated carbocycles. The minimum Gasteiger partial charge on any atom is -0.429 e. The smallest absolute Gasteiger partial charge is 0.316 e. The Morgan fingerprint density at radius 2 is 1.82 bits per heavy atom. The largest absolute Gasteiger partial charge is 0.429 e. The lowest BCUT2D eigenvalue weighted by Gasteiger charge is -1.95. The molecule has 0 bridgehead atoms. The number of aryl methyl sites for hydroxylation is 1. The zero-order valence-corrected chi connectivity index (χ0v) is 5.70. The highest BCUT2D eigenvalue weighted by atomic mass is 24.3. The van der Waals surface area contributed by atoms with E-state index in [4.69, 9.17) is 0 Å². The monoisotopic (exact) mass is 162 g/mol. The molecular formula is C8H10MgO2. The van der Waals surface area contributed by atoms with Crippen molar-refractivity contribution in [1.29, 1.82) is 0 Å². The summed E-state index contributed by atoms with van der Waals surface area (Å²) in [6.07, 6.45) is 0. The molecule has 0 aliphatic carbocycles. The molecule has 0 aromatic heterocycles. The van der Waals surface area contributed by atoms with Gasteiger partial charge < -0.3 is 4.74 Å². The van der Waals surface area contributed by atoms with Gasteiger partial charge in [0.05, 0.1) is 0 Å². The lowest BCUT2D eigenvalue weighted by molar-refractivity contribution is -0.120. The van der Waals surface area contributed by atoms with Crippen molar-refractivity contribution in [1.82, 2.24) is 0 Å². The first-order chi connectivity index (χ1) is 4.83. The minimum absolute atomic E-state index is 0. The summed E-state index contributed by atoms with van der Waals surface area (Å²) in [6, 6.07) is 7.28. The highest BCUT2D eigenvalue weighted by Gasteiger charge is 1.88. The third-order valence-electron chi connectivity index (χ3n) is 1.21. The normalized spacial score (nSPS) is 8.09. The van der Waals surface area contributed by atoms with Gasteiger partial charge >= 0.3 is 23.1 Å². The number of rotatable bonds is 2. The summed E-state index contributed by atoms with van der Waals surface area (Å²) in [5.41, 5.74) is 1.15. The molecule has 0 radical (unpaired) electrons. The zero-order chi connectivity index (χ0) is 7.40. The Morgan fingerprint density at radius 3 is 2.27 bits per heavy atom. The fourth-order valence-corrected chi connectivity index (χ4v) is 0.672. The van der Waals surface area contributed by atoms with Gasteiger partial charge in [0, 0.05) is 0 Å². The topological polar surface area (TPSA) is 26.3 Å². The molecule has 0 aliphatic rings. The van der Waals surface area contributed by atoms with Crippen LogP contribution in [0.15, 0.2) is 24.3 Å². The maximum Gasteiger partial charge on any atom is 0.316 e. The van der Waals surface area contributed by atoms with Crippen LogP contribution in [0.25, 0.3) is 0 Å². The number of hydrogen-bond donors (Lipinski definition) is 0. The van der Waals surface area contributed by atoms with Crippen LogP contribution >= 0.6 is 0 Å². The first-order valence-electron chi connectivity index (χ1n) is 3.00. The van der Waals surface area contributed by atoms with Crippen molar-refractivity contribution in [2.75, 3.05) is 0 Å². The Hall–Kier alpha value is -0.544. The van der Waals surface area contributed by atoms with Gasteiger partial charge in [-0.25, -0.2) is 0 Å². The summed E-state index contributed by atoms with van der Waals surface area (Å²) in [4.78, 5) is 9.84. The Kier molecular flexibility index (Phi) is 4.90. The van der Waals surface area contributed by atoms with Crippen LogP contribution in [0.1, 0.15) is 5.56 Å². The van der Waals surface area contributed by atoms with Gasteiger partial charge in [0.1, 0.15) is 5.75 Å². The highest BCUT2D eigenvalue weighted by Crippen LogP contribution is 2.09. The van der Waals surface area contributed by atoms with Crippen LogP contribution in [0.4, 0.5) is 0 Å². The van der Waals surface area contributed by atoms with E-state index in [2.05, 4.69) is 4.74 Å². The third-order valence-corrected chi connectivity index (χ3v) is 1.21.